The second-order valence-corrected chi connectivity index (χ2v) is 25.1. The van der Waals surface area contributed by atoms with E-state index >= 15 is 0 Å². The molecule has 0 aliphatic heterocycles. The lowest BCUT2D eigenvalue weighted by Crippen LogP contribution is -1.99. The smallest absolute Gasteiger partial charge is 0.233 e. The maximum atomic E-state index is 5.14. The van der Waals surface area contributed by atoms with Crippen molar-refractivity contribution in [2.24, 2.45) is 0 Å². The zero-order chi connectivity index (χ0) is 67.3. The molecule has 0 fully saturated rings. The van der Waals surface area contributed by atoms with Crippen molar-refractivity contribution in [2.45, 2.75) is 0 Å². The Hall–Kier alpha value is -13.6. The van der Waals surface area contributed by atoms with Crippen LogP contribution in [0.3, 0.4) is 0 Å². The van der Waals surface area contributed by atoms with Gasteiger partial charge in [-0.3, -0.25) is 24.5 Å². The first-order valence-electron chi connectivity index (χ1n) is 33.9. The molecule has 0 radical (unpaired) electrons. The zero-order valence-electron chi connectivity index (χ0n) is 55.0. The van der Waals surface area contributed by atoms with Crippen LogP contribution in [0.2, 0.25) is 0 Å². The van der Waals surface area contributed by atoms with Gasteiger partial charge in [-0.15, -0.1) is 0 Å². The average molecular weight is 1290 g/mol. The molecule has 17 aromatic rings. The third-order valence-corrected chi connectivity index (χ3v) is 18.8. The number of benzene rings is 11. The van der Waals surface area contributed by atoms with E-state index in [0.717, 1.165) is 167 Å². The summed E-state index contributed by atoms with van der Waals surface area (Å²) in [5, 5.41) is 0. The van der Waals surface area contributed by atoms with Gasteiger partial charge in [-0.2, -0.15) is 0 Å². The number of rotatable bonds is 16. The van der Waals surface area contributed by atoms with Gasteiger partial charge in [0, 0.05) is 105 Å². The normalized spacial score (nSPS) is 11.2. The Morgan fingerprint density at radius 3 is 0.644 bits per heavy atom. The number of hydrogen-bond donors (Lipinski definition) is 0. The van der Waals surface area contributed by atoms with E-state index in [0.29, 0.717) is 5.95 Å². The van der Waals surface area contributed by atoms with Gasteiger partial charge in [-0.05, 0) is 162 Å². The fourth-order valence-electron chi connectivity index (χ4n) is 13.9. The molecule has 7 nitrogen and oxygen atoms in total. The molecule has 6 heterocycles. The lowest BCUT2D eigenvalue weighted by atomic mass is 9.83. The summed E-state index contributed by atoms with van der Waals surface area (Å²) in [7, 11) is 0. The summed E-state index contributed by atoms with van der Waals surface area (Å²) in [5.74, 6) is 0.572. The fourth-order valence-corrected chi connectivity index (χ4v) is 13.9. The number of nitrogens with zero attached hydrogens (tertiary/aromatic N) is 7. The zero-order valence-corrected chi connectivity index (χ0v) is 55.0. The lowest BCUT2D eigenvalue weighted by molar-refractivity contribution is 0.937. The first kappa shape index (κ1) is 61.0. The Morgan fingerprint density at radius 2 is 0.386 bits per heavy atom. The van der Waals surface area contributed by atoms with Crippen LogP contribution in [-0.4, -0.2) is 34.5 Å². The molecule has 7 heteroatoms. The van der Waals surface area contributed by atoms with Crippen LogP contribution in [0.1, 0.15) is 0 Å². The van der Waals surface area contributed by atoms with Gasteiger partial charge < -0.3 is 0 Å². The SMILES string of the molecule is c1ccc(-c2ccc(-c3ccccc3-c3cc(-c4ccccc4-c4ccc(-c5ccccc5)nc4)cc(-c4cccc(-c5cc(-c6ccccc6-c6ccc(-c7ccccc7)nc6)cc(-c6ccccc6-c6ccc(-c7ccccc7)nc6)c5)c4-c4cnc(-n5cccc5)nc4)c3)cn2)cc1. The van der Waals surface area contributed by atoms with E-state index < -0.39 is 0 Å². The Bertz CT molecular complexity index is 5140. The number of aromatic nitrogens is 7. The van der Waals surface area contributed by atoms with E-state index in [1.807, 2.05) is 90.5 Å². The van der Waals surface area contributed by atoms with Gasteiger partial charge in [0.2, 0.25) is 5.95 Å². The molecule has 0 unspecified atom stereocenters. The van der Waals surface area contributed by atoms with Crippen molar-refractivity contribution in [1.82, 2.24) is 34.5 Å². The Kier molecular flexibility index (Phi) is 16.6. The maximum absolute atomic E-state index is 5.14. The topological polar surface area (TPSA) is 82.3 Å². The average Bonchev–Trinajstić information content (AvgIpc) is 0.863. The summed E-state index contributed by atoms with van der Waals surface area (Å²) in [5.41, 5.74) is 30.5. The number of pyridine rings is 4. The van der Waals surface area contributed by atoms with E-state index in [1.54, 1.807) is 0 Å². The highest BCUT2D eigenvalue weighted by Gasteiger charge is 2.23. The van der Waals surface area contributed by atoms with Gasteiger partial charge in [0.15, 0.2) is 0 Å². The summed E-state index contributed by atoms with van der Waals surface area (Å²) < 4.78 is 1.94. The van der Waals surface area contributed by atoms with Crippen molar-refractivity contribution in [3.63, 3.8) is 0 Å². The summed E-state index contributed by atoms with van der Waals surface area (Å²) in [6.07, 6.45) is 15.9. The van der Waals surface area contributed by atoms with Crippen LogP contribution in [0.25, 0.3) is 173 Å². The quantitative estimate of drug-likeness (QED) is 0.0959. The first-order valence-corrected chi connectivity index (χ1v) is 33.9. The molecule has 0 saturated heterocycles. The van der Waals surface area contributed by atoms with Gasteiger partial charge in [0.1, 0.15) is 0 Å². The van der Waals surface area contributed by atoms with Gasteiger partial charge in [-0.25, -0.2) is 9.97 Å². The maximum Gasteiger partial charge on any atom is 0.233 e. The van der Waals surface area contributed by atoms with Gasteiger partial charge >= 0.3 is 0 Å². The molecule has 0 aliphatic rings. The van der Waals surface area contributed by atoms with Crippen LogP contribution >= 0.6 is 0 Å². The second kappa shape index (κ2) is 27.5. The van der Waals surface area contributed by atoms with Crippen LogP contribution in [0.5, 0.6) is 0 Å². The van der Waals surface area contributed by atoms with Gasteiger partial charge in [0.25, 0.3) is 0 Å². The van der Waals surface area contributed by atoms with Crippen LogP contribution in [0, 0.1) is 0 Å². The van der Waals surface area contributed by atoms with E-state index in [2.05, 4.69) is 297 Å². The summed E-state index contributed by atoms with van der Waals surface area (Å²) in [4.78, 5) is 30.5. The summed E-state index contributed by atoms with van der Waals surface area (Å²) >= 11 is 0. The molecule has 0 aliphatic carbocycles. The van der Waals surface area contributed by atoms with Crippen molar-refractivity contribution in [3.05, 3.63) is 383 Å². The fraction of sp³-hybridized carbons (Fsp3) is 0. The Labute approximate surface area is 587 Å². The van der Waals surface area contributed by atoms with Crippen molar-refractivity contribution in [1.29, 1.82) is 0 Å². The molecule has 0 spiro atoms. The van der Waals surface area contributed by atoms with Crippen LogP contribution < -0.4 is 0 Å². The molecule has 474 valence electrons. The highest BCUT2D eigenvalue weighted by molar-refractivity contribution is 6.01. The van der Waals surface area contributed by atoms with Crippen molar-refractivity contribution >= 4 is 0 Å². The molecule has 0 amide bonds. The van der Waals surface area contributed by atoms with Crippen molar-refractivity contribution < 1.29 is 0 Å². The van der Waals surface area contributed by atoms with E-state index in [1.165, 1.54) is 0 Å². The standard InChI is InChI=1S/C94H63N7/c1-5-24-64(25-6-1)89-46-42-68(58-95-89)79-32-13-17-36-83(79)72-52-73(84-37-18-14-33-80(84)69-43-47-90(96-59-69)65-26-7-2-8-27-65)55-76(54-72)87-40-23-41-88(93(87)78-62-99-94(100-63-78)101-50-21-22-51-101)77-56-74(85-38-19-15-34-81(85)70-44-48-91(97-60-70)66-28-9-3-10-29-66)53-75(57-77)86-39-20-16-35-82(86)71-45-49-92(98-61-71)67-30-11-4-12-31-67/h1-63H. The van der Waals surface area contributed by atoms with Gasteiger partial charge in [-0.1, -0.05) is 261 Å². The molecule has 0 atom stereocenters. The van der Waals surface area contributed by atoms with Crippen LogP contribution in [0.15, 0.2) is 383 Å². The van der Waals surface area contributed by atoms with E-state index in [-0.39, 0.29) is 0 Å². The van der Waals surface area contributed by atoms with Crippen molar-refractivity contribution in [2.75, 3.05) is 0 Å². The predicted octanol–water partition coefficient (Wildman–Crippen LogP) is 23.9. The summed E-state index contributed by atoms with van der Waals surface area (Å²) in [6.45, 7) is 0. The van der Waals surface area contributed by atoms with Gasteiger partial charge in [0.05, 0.1) is 22.8 Å². The molecule has 0 bridgehead atoms. The second-order valence-electron chi connectivity index (χ2n) is 25.1. The monoisotopic (exact) mass is 1290 g/mol. The first-order chi connectivity index (χ1) is 50.1. The van der Waals surface area contributed by atoms with E-state index in [4.69, 9.17) is 29.9 Å². The Morgan fingerprint density at radius 1 is 0.158 bits per heavy atom. The largest absolute Gasteiger partial charge is 0.293 e. The van der Waals surface area contributed by atoms with Crippen LogP contribution in [-0.2, 0) is 0 Å². The van der Waals surface area contributed by atoms with Crippen molar-refractivity contribution in [3.8, 4) is 173 Å². The minimum Gasteiger partial charge on any atom is -0.293 e. The molecule has 0 saturated carbocycles. The minimum atomic E-state index is 0.572. The molecule has 0 N–H and O–H groups in total. The molecular weight excluding hydrogens is 1230 g/mol. The van der Waals surface area contributed by atoms with Crippen LogP contribution in [0.4, 0.5) is 0 Å². The molecule has 11 aromatic carbocycles. The Balaban J connectivity index is 0.888. The third kappa shape index (κ3) is 12.5. The highest BCUT2D eigenvalue weighted by Crippen LogP contribution is 2.48. The molecule has 17 rings (SSSR count). The molecule has 6 aromatic heterocycles. The summed E-state index contributed by atoms with van der Waals surface area (Å²) in [6, 6.07) is 118. The predicted molar refractivity (Wildman–Crippen MR) is 414 cm³/mol. The minimum absolute atomic E-state index is 0.572. The molecular formula is C94H63N7. The third-order valence-electron chi connectivity index (χ3n) is 18.8. The van der Waals surface area contributed by atoms with E-state index in [9.17, 15) is 0 Å². The highest BCUT2D eigenvalue weighted by atomic mass is 15.1. The molecule has 101 heavy (non-hydrogen) atoms. The lowest BCUT2D eigenvalue weighted by Gasteiger charge is -2.21. The number of hydrogen-bond acceptors (Lipinski definition) is 6.